The standard InChI is InChI=1S/C3H2Cl2N3O3.Na/c4-7-1(9)6-2(10)8(5)3(7)11;/h1H,(H,6,10);/q-1;+1. The smallest absolute Gasteiger partial charge is 0.819 e. The molecule has 62 valence electrons. The fraction of sp³-hybridized carbons (Fsp3) is 0.333. The molecule has 1 aliphatic heterocycles. The number of halogens is 2. The summed E-state index contributed by atoms with van der Waals surface area (Å²) >= 11 is 10.2. The molecule has 0 aliphatic carbocycles. The molecule has 1 saturated heterocycles. The molecule has 0 aromatic carbocycles. The van der Waals surface area contributed by atoms with E-state index in [1.807, 2.05) is 0 Å². The minimum atomic E-state index is -1.79. The van der Waals surface area contributed by atoms with Crippen LogP contribution in [0.1, 0.15) is 0 Å². The van der Waals surface area contributed by atoms with Crippen molar-refractivity contribution in [3.63, 3.8) is 0 Å². The van der Waals surface area contributed by atoms with Crippen LogP contribution >= 0.6 is 23.6 Å². The Morgan fingerprint density at radius 2 is 1.92 bits per heavy atom. The first-order valence-electron chi connectivity index (χ1n) is 2.45. The average Bonchev–Trinajstić information content (AvgIpc) is 1.97. The predicted octanol–water partition coefficient (Wildman–Crippen LogP) is -3.61. The molecule has 9 heteroatoms. The van der Waals surface area contributed by atoms with E-state index in [0.717, 1.165) is 0 Å². The van der Waals surface area contributed by atoms with E-state index in [-0.39, 0.29) is 38.4 Å². The topological polar surface area (TPSA) is 75.7 Å². The number of nitrogens with one attached hydrogen (secondary N) is 1. The maximum absolute atomic E-state index is 10.7. The number of urea groups is 2. The van der Waals surface area contributed by atoms with E-state index in [4.69, 9.17) is 23.6 Å². The Morgan fingerprint density at radius 1 is 1.42 bits per heavy atom. The van der Waals surface area contributed by atoms with Gasteiger partial charge in [-0.15, -0.1) is 0 Å². The molecular formula is C3H2Cl2N3NaO3. The van der Waals surface area contributed by atoms with Crippen LogP contribution in [0.25, 0.3) is 0 Å². The van der Waals surface area contributed by atoms with Crippen LogP contribution in [0.5, 0.6) is 0 Å². The second kappa shape index (κ2) is 4.50. The largest absolute Gasteiger partial charge is 1.00 e. The number of amides is 4. The zero-order chi connectivity index (χ0) is 8.59. The van der Waals surface area contributed by atoms with E-state index < -0.39 is 18.4 Å². The van der Waals surface area contributed by atoms with E-state index >= 15 is 0 Å². The van der Waals surface area contributed by atoms with Gasteiger partial charge in [0, 0.05) is 23.6 Å². The van der Waals surface area contributed by atoms with Crippen LogP contribution in [-0.2, 0) is 0 Å². The summed E-state index contributed by atoms with van der Waals surface area (Å²) in [6.45, 7) is 0. The molecule has 1 N–H and O–H groups in total. The minimum absolute atomic E-state index is 0. The third-order valence-corrected chi connectivity index (χ3v) is 1.60. The molecule has 1 atom stereocenters. The van der Waals surface area contributed by atoms with Gasteiger partial charge >= 0.3 is 41.6 Å². The molecule has 0 aromatic rings. The molecule has 6 nitrogen and oxygen atoms in total. The van der Waals surface area contributed by atoms with Crippen molar-refractivity contribution < 1.29 is 44.3 Å². The van der Waals surface area contributed by atoms with Crippen molar-refractivity contribution in [2.75, 3.05) is 0 Å². The first-order valence-corrected chi connectivity index (χ1v) is 3.13. The molecule has 0 spiro atoms. The quantitative estimate of drug-likeness (QED) is 0.339. The van der Waals surface area contributed by atoms with Gasteiger partial charge in [-0.1, -0.05) is 0 Å². The van der Waals surface area contributed by atoms with Gasteiger partial charge in [0.2, 0.25) is 0 Å². The van der Waals surface area contributed by atoms with E-state index in [1.165, 1.54) is 0 Å². The Labute approximate surface area is 99.9 Å². The minimum Gasteiger partial charge on any atom is -0.819 e. The second-order valence-corrected chi connectivity index (χ2v) is 2.38. The molecule has 1 rings (SSSR count). The van der Waals surface area contributed by atoms with Gasteiger partial charge in [0.1, 0.15) is 0 Å². The van der Waals surface area contributed by atoms with E-state index in [2.05, 4.69) is 0 Å². The van der Waals surface area contributed by atoms with Crippen molar-refractivity contribution in [2.24, 2.45) is 0 Å². The summed E-state index contributed by atoms with van der Waals surface area (Å²) in [5.74, 6) is 0. The Bertz CT molecular complexity index is 215. The first-order chi connectivity index (χ1) is 5.04. The van der Waals surface area contributed by atoms with Gasteiger partial charge in [-0.05, 0) is 0 Å². The van der Waals surface area contributed by atoms with Crippen LogP contribution in [0, 0.1) is 0 Å². The Hall–Kier alpha value is 0.280. The normalized spacial score (nSPS) is 23.4. The Kier molecular flexibility index (Phi) is 4.60. The SMILES string of the molecule is O=C1NC([O-])N(Cl)C(=O)N1Cl.[Na+]. The van der Waals surface area contributed by atoms with Crippen LogP contribution in [0.2, 0.25) is 0 Å². The summed E-state index contributed by atoms with van der Waals surface area (Å²) in [4.78, 5) is 21.2. The first kappa shape index (κ1) is 12.3. The number of imide groups is 1. The van der Waals surface area contributed by atoms with Crippen molar-refractivity contribution in [1.82, 2.24) is 14.2 Å². The van der Waals surface area contributed by atoms with Crippen LogP contribution in [0.4, 0.5) is 9.59 Å². The fourth-order valence-electron chi connectivity index (χ4n) is 0.490. The average molecular weight is 222 g/mol. The predicted molar refractivity (Wildman–Crippen MR) is 33.1 cm³/mol. The summed E-state index contributed by atoms with van der Waals surface area (Å²) < 4.78 is 0.426. The molecule has 0 radical (unpaired) electrons. The molecule has 0 aromatic heterocycles. The van der Waals surface area contributed by atoms with Crippen LogP contribution in [-0.4, -0.2) is 27.3 Å². The third-order valence-electron chi connectivity index (χ3n) is 0.982. The summed E-state index contributed by atoms with van der Waals surface area (Å²) in [5, 5.41) is 12.4. The number of hydrogen-bond donors (Lipinski definition) is 1. The number of carbonyl (C=O) groups is 2. The van der Waals surface area contributed by atoms with E-state index in [0.29, 0.717) is 0 Å². The van der Waals surface area contributed by atoms with Gasteiger partial charge in [0.25, 0.3) is 0 Å². The number of hydrogen-bond acceptors (Lipinski definition) is 3. The van der Waals surface area contributed by atoms with Gasteiger partial charge in [-0.25, -0.2) is 14.0 Å². The number of nitrogens with zero attached hydrogens (tertiary/aromatic N) is 2. The summed E-state index contributed by atoms with van der Waals surface area (Å²) in [6.07, 6.45) is -1.79. The second-order valence-electron chi connectivity index (χ2n) is 1.68. The molecule has 0 saturated carbocycles. The van der Waals surface area contributed by atoms with Gasteiger partial charge in [0.15, 0.2) is 0 Å². The molecule has 1 fully saturated rings. The van der Waals surface area contributed by atoms with Gasteiger partial charge in [-0.2, -0.15) is 4.42 Å². The summed E-state index contributed by atoms with van der Waals surface area (Å²) in [5.41, 5.74) is 0. The molecular weight excluding hydrogens is 220 g/mol. The van der Waals surface area contributed by atoms with Gasteiger partial charge < -0.3 is 10.4 Å². The summed E-state index contributed by atoms with van der Waals surface area (Å²) in [6, 6.07) is -2.04. The zero-order valence-electron chi connectivity index (χ0n) is 5.95. The van der Waals surface area contributed by atoms with Crippen LogP contribution in [0.15, 0.2) is 0 Å². The summed E-state index contributed by atoms with van der Waals surface area (Å²) in [7, 11) is 0. The molecule has 0 bridgehead atoms. The van der Waals surface area contributed by atoms with Crippen LogP contribution < -0.4 is 40.0 Å². The van der Waals surface area contributed by atoms with Crippen molar-refractivity contribution in [2.45, 2.75) is 6.35 Å². The van der Waals surface area contributed by atoms with E-state index in [1.54, 1.807) is 5.32 Å². The maximum Gasteiger partial charge on any atom is 1.00 e. The van der Waals surface area contributed by atoms with E-state index in [9.17, 15) is 14.7 Å². The zero-order valence-corrected chi connectivity index (χ0v) is 9.46. The molecule has 4 amide bonds. The van der Waals surface area contributed by atoms with Gasteiger partial charge in [-0.3, -0.25) is 0 Å². The molecule has 1 aliphatic rings. The van der Waals surface area contributed by atoms with Crippen molar-refractivity contribution in [1.29, 1.82) is 0 Å². The molecule has 12 heavy (non-hydrogen) atoms. The number of rotatable bonds is 0. The Morgan fingerprint density at radius 3 is 2.42 bits per heavy atom. The van der Waals surface area contributed by atoms with Crippen molar-refractivity contribution in [3.8, 4) is 0 Å². The fourth-order valence-corrected chi connectivity index (χ4v) is 0.783. The number of carbonyl (C=O) groups excluding carboxylic acids is 2. The molecule has 1 unspecified atom stereocenters. The van der Waals surface area contributed by atoms with Crippen molar-refractivity contribution >= 4 is 35.6 Å². The van der Waals surface area contributed by atoms with Gasteiger partial charge in [0.05, 0.1) is 6.35 Å². The monoisotopic (exact) mass is 221 g/mol. The maximum atomic E-state index is 10.7. The Balaban J connectivity index is 0.00000121. The molecule has 1 heterocycles. The third kappa shape index (κ3) is 2.15. The van der Waals surface area contributed by atoms with Crippen molar-refractivity contribution in [3.05, 3.63) is 0 Å². The van der Waals surface area contributed by atoms with Crippen LogP contribution in [0.3, 0.4) is 0 Å².